The summed E-state index contributed by atoms with van der Waals surface area (Å²) >= 11 is 0. The third-order valence-corrected chi connectivity index (χ3v) is 1.89. The van der Waals surface area contributed by atoms with E-state index < -0.39 is 0 Å². The van der Waals surface area contributed by atoms with Gasteiger partial charge in [0.1, 0.15) is 0 Å². The Hall–Kier alpha value is -1.06. The SMILES string of the molecule is CC(=O)NCCCC[C@H](C)NC(C)=O. The van der Waals surface area contributed by atoms with Crippen LogP contribution in [-0.4, -0.2) is 24.4 Å². The minimum absolute atomic E-state index is 0.0133. The van der Waals surface area contributed by atoms with Crippen molar-refractivity contribution in [3.63, 3.8) is 0 Å². The van der Waals surface area contributed by atoms with E-state index in [2.05, 4.69) is 10.6 Å². The van der Waals surface area contributed by atoms with Crippen LogP contribution in [0.5, 0.6) is 0 Å². The van der Waals surface area contributed by atoms with E-state index in [0.29, 0.717) is 0 Å². The van der Waals surface area contributed by atoms with Crippen molar-refractivity contribution in [2.24, 2.45) is 0 Å². The van der Waals surface area contributed by atoms with Crippen molar-refractivity contribution >= 4 is 11.8 Å². The van der Waals surface area contributed by atoms with Crippen LogP contribution in [0.1, 0.15) is 40.0 Å². The molecule has 2 amide bonds. The quantitative estimate of drug-likeness (QED) is 0.624. The number of carbonyl (C=O) groups excluding carboxylic acids is 2. The molecule has 0 unspecified atom stereocenters. The molecule has 0 saturated carbocycles. The van der Waals surface area contributed by atoms with Gasteiger partial charge in [-0.1, -0.05) is 0 Å². The Balaban J connectivity index is 3.27. The molecule has 0 spiro atoms. The van der Waals surface area contributed by atoms with E-state index in [4.69, 9.17) is 0 Å². The highest BCUT2D eigenvalue weighted by molar-refractivity contribution is 5.73. The number of unbranched alkanes of at least 4 members (excludes halogenated alkanes) is 1. The highest BCUT2D eigenvalue weighted by atomic mass is 16.2. The summed E-state index contributed by atoms with van der Waals surface area (Å²) in [6, 6.07) is 0.227. The molecule has 0 rings (SSSR count). The second kappa shape index (κ2) is 7.35. The molecule has 0 aromatic heterocycles. The van der Waals surface area contributed by atoms with Crippen molar-refractivity contribution in [2.75, 3.05) is 6.54 Å². The molecule has 4 heteroatoms. The number of carbonyl (C=O) groups is 2. The number of hydrogen-bond donors (Lipinski definition) is 2. The van der Waals surface area contributed by atoms with E-state index in [1.807, 2.05) is 6.92 Å². The van der Waals surface area contributed by atoms with Gasteiger partial charge in [-0.15, -0.1) is 0 Å². The molecule has 0 heterocycles. The summed E-state index contributed by atoms with van der Waals surface area (Å²) in [5.41, 5.74) is 0. The zero-order valence-electron chi connectivity index (χ0n) is 9.22. The average molecular weight is 200 g/mol. The van der Waals surface area contributed by atoms with E-state index in [9.17, 15) is 9.59 Å². The summed E-state index contributed by atoms with van der Waals surface area (Å²) in [7, 11) is 0. The third-order valence-electron chi connectivity index (χ3n) is 1.89. The van der Waals surface area contributed by atoms with Gasteiger partial charge in [0, 0.05) is 26.4 Å². The van der Waals surface area contributed by atoms with Crippen molar-refractivity contribution in [1.82, 2.24) is 10.6 Å². The Labute approximate surface area is 85.4 Å². The van der Waals surface area contributed by atoms with E-state index in [1.54, 1.807) is 0 Å². The van der Waals surface area contributed by atoms with Crippen LogP contribution >= 0.6 is 0 Å². The summed E-state index contributed by atoms with van der Waals surface area (Å²) in [5.74, 6) is 0.0271. The van der Waals surface area contributed by atoms with Crippen LogP contribution in [0.3, 0.4) is 0 Å². The standard InChI is InChI=1S/C10H20N2O2/c1-8(12-10(3)14)6-4-5-7-11-9(2)13/h8H,4-7H2,1-3H3,(H,11,13)(H,12,14)/t8-/m0/s1. The van der Waals surface area contributed by atoms with Gasteiger partial charge in [-0.3, -0.25) is 9.59 Å². The fourth-order valence-electron chi connectivity index (χ4n) is 1.26. The van der Waals surface area contributed by atoms with Crippen LogP contribution < -0.4 is 10.6 Å². The Morgan fingerprint density at radius 3 is 2.29 bits per heavy atom. The van der Waals surface area contributed by atoms with E-state index in [0.717, 1.165) is 25.8 Å². The first-order chi connectivity index (χ1) is 6.52. The van der Waals surface area contributed by atoms with Crippen LogP contribution in [0, 0.1) is 0 Å². The van der Waals surface area contributed by atoms with E-state index in [1.165, 1.54) is 13.8 Å². The monoisotopic (exact) mass is 200 g/mol. The number of hydrogen-bond acceptors (Lipinski definition) is 2. The Bertz CT molecular complexity index is 193. The molecular formula is C10H20N2O2. The third kappa shape index (κ3) is 9.03. The first kappa shape index (κ1) is 12.9. The van der Waals surface area contributed by atoms with Gasteiger partial charge in [-0.2, -0.15) is 0 Å². The van der Waals surface area contributed by atoms with Crippen LogP contribution in [0.2, 0.25) is 0 Å². The van der Waals surface area contributed by atoms with Crippen LogP contribution in [0.25, 0.3) is 0 Å². The van der Waals surface area contributed by atoms with Gasteiger partial charge in [0.25, 0.3) is 0 Å². The summed E-state index contributed by atoms with van der Waals surface area (Å²) in [5, 5.41) is 5.55. The molecule has 0 radical (unpaired) electrons. The van der Waals surface area contributed by atoms with Crippen LogP contribution in [0.4, 0.5) is 0 Å². The number of amides is 2. The van der Waals surface area contributed by atoms with Crippen LogP contribution in [0.15, 0.2) is 0 Å². The summed E-state index contributed by atoms with van der Waals surface area (Å²) in [4.78, 5) is 21.2. The predicted molar refractivity (Wildman–Crippen MR) is 55.8 cm³/mol. The molecule has 4 nitrogen and oxygen atoms in total. The van der Waals surface area contributed by atoms with Gasteiger partial charge in [0.2, 0.25) is 11.8 Å². The van der Waals surface area contributed by atoms with E-state index in [-0.39, 0.29) is 17.9 Å². The minimum atomic E-state index is 0.0133. The molecular weight excluding hydrogens is 180 g/mol. The summed E-state index contributed by atoms with van der Waals surface area (Å²) < 4.78 is 0. The smallest absolute Gasteiger partial charge is 0.217 e. The molecule has 0 aliphatic rings. The Morgan fingerprint density at radius 2 is 1.79 bits per heavy atom. The predicted octanol–water partition coefficient (Wildman–Crippen LogP) is 0.817. The van der Waals surface area contributed by atoms with Crippen molar-refractivity contribution in [3.05, 3.63) is 0 Å². The number of nitrogens with one attached hydrogen (secondary N) is 2. The van der Waals surface area contributed by atoms with Crippen molar-refractivity contribution in [3.8, 4) is 0 Å². The molecule has 0 fully saturated rings. The maximum absolute atomic E-state index is 10.7. The summed E-state index contributed by atoms with van der Waals surface area (Å²) in [6.07, 6.45) is 2.93. The molecule has 0 aromatic carbocycles. The average Bonchev–Trinajstić information content (AvgIpc) is 2.01. The lowest BCUT2D eigenvalue weighted by Gasteiger charge is -2.11. The van der Waals surface area contributed by atoms with Crippen molar-refractivity contribution < 1.29 is 9.59 Å². The lowest BCUT2D eigenvalue weighted by molar-refractivity contribution is -0.120. The number of rotatable bonds is 6. The Kier molecular flexibility index (Phi) is 6.80. The summed E-state index contributed by atoms with van der Waals surface area (Å²) in [6.45, 7) is 5.75. The molecule has 14 heavy (non-hydrogen) atoms. The van der Waals surface area contributed by atoms with Gasteiger partial charge in [0.05, 0.1) is 0 Å². The van der Waals surface area contributed by atoms with E-state index >= 15 is 0 Å². The normalized spacial score (nSPS) is 11.9. The fourth-order valence-corrected chi connectivity index (χ4v) is 1.26. The zero-order valence-corrected chi connectivity index (χ0v) is 9.22. The lowest BCUT2D eigenvalue weighted by Crippen LogP contribution is -2.30. The highest BCUT2D eigenvalue weighted by Crippen LogP contribution is 1.99. The highest BCUT2D eigenvalue weighted by Gasteiger charge is 2.02. The molecule has 1 atom stereocenters. The molecule has 0 aromatic rings. The maximum atomic E-state index is 10.7. The fraction of sp³-hybridized carbons (Fsp3) is 0.800. The van der Waals surface area contributed by atoms with Gasteiger partial charge in [-0.25, -0.2) is 0 Å². The van der Waals surface area contributed by atoms with Crippen LogP contribution in [-0.2, 0) is 9.59 Å². The van der Waals surface area contributed by atoms with Gasteiger partial charge in [-0.05, 0) is 26.2 Å². The molecule has 0 saturated heterocycles. The van der Waals surface area contributed by atoms with Crippen molar-refractivity contribution in [1.29, 1.82) is 0 Å². The molecule has 0 bridgehead atoms. The van der Waals surface area contributed by atoms with Gasteiger partial charge in [0.15, 0.2) is 0 Å². The minimum Gasteiger partial charge on any atom is -0.356 e. The molecule has 0 aliphatic heterocycles. The second-order valence-electron chi connectivity index (χ2n) is 3.58. The Morgan fingerprint density at radius 1 is 1.14 bits per heavy atom. The molecule has 82 valence electrons. The van der Waals surface area contributed by atoms with Gasteiger partial charge < -0.3 is 10.6 Å². The largest absolute Gasteiger partial charge is 0.356 e. The zero-order chi connectivity index (χ0) is 11.0. The topological polar surface area (TPSA) is 58.2 Å². The first-order valence-electron chi connectivity index (χ1n) is 5.04. The maximum Gasteiger partial charge on any atom is 0.217 e. The van der Waals surface area contributed by atoms with Crippen molar-refractivity contribution in [2.45, 2.75) is 46.1 Å². The van der Waals surface area contributed by atoms with Gasteiger partial charge >= 0.3 is 0 Å². The first-order valence-corrected chi connectivity index (χ1v) is 5.04. The molecule has 2 N–H and O–H groups in total. The lowest BCUT2D eigenvalue weighted by atomic mass is 10.1. The molecule has 0 aliphatic carbocycles. The second-order valence-corrected chi connectivity index (χ2v) is 3.58.